The van der Waals surface area contributed by atoms with Crippen molar-refractivity contribution in [3.63, 3.8) is 0 Å². The summed E-state index contributed by atoms with van der Waals surface area (Å²) in [5.74, 6) is -0.497. The number of rotatable bonds is 7. The number of amides is 3. The minimum atomic E-state index is -0.185. The molecule has 0 radical (unpaired) electrons. The Morgan fingerprint density at radius 1 is 1.36 bits per heavy atom. The zero-order valence-corrected chi connectivity index (χ0v) is 18.6. The highest BCUT2D eigenvalue weighted by Gasteiger charge is 2.28. The molecule has 3 amide bonds. The number of anilines is 1. The summed E-state index contributed by atoms with van der Waals surface area (Å²) in [6, 6.07) is 0. The van der Waals surface area contributed by atoms with Gasteiger partial charge in [0.1, 0.15) is 0 Å². The van der Waals surface area contributed by atoms with Gasteiger partial charge in [0.15, 0.2) is 5.13 Å². The van der Waals surface area contributed by atoms with Crippen LogP contribution < -0.4 is 16.4 Å². The smallest absolute Gasteiger partial charge is 0.228 e. The zero-order valence-electron chi connectivity index (χ0n) is 16.1. The van der Waals surface area contributed by atoms with Crippen LogP contribution in [0.4, 0.5) is 5.13 Å². The van der Waals surface area contributed by atoms with Gasteiger partial charge in [-0.25, -0.2) is 4.98 Å². The average molecular weight is 454 g/mol. The summed E-state index contributed by atoms with van der Waals surface area (Å²) in [6.07, 6.45) is 1.76. The van der Waals surface area contributed by atoms with E-state index in [9.17, 15) is 14.4 Å². The second-order valence-electron chi connectivity index (χ2n) is 6.72. The van der Waals surface area contributed by atoms with Crippen LogP contribution in [0.2, 0.25) is 0 Å². The number of likely N-dealkylation sites (tertiary alicyclic amines) is 1. The minimum Gasteiger partial charge on any atom is -0.355 e. The summed E-state index contributed by atoms with van der Waals surface area (Å²) in [5, 5.41) is 7.81. The van der Waals surface area contributed by atoms with E-state index in [1.165, 1.54) is 11.3 Å². The second kappa shape index (κ2) is 12.9. The Morgan fingerprint density at radius 2 is 2.07 bits per heavy atom. The standard InChI is InChI=1S/C17H27N5O3S.2ClH/c1-11(2)15(24)21-17-20-13(10-26-17)8-14(23)22-7-3-4-12(9-22)16(25)19-6-5-18;;/h10-12H,3-9,18H2,1-2H3,(H,19,25)(H,20,21,24);2*1H. The number of aromatic nitrogens is 1. The van der Waals surface area contributed by atoms with Crippen molar-refractivity contribution in [3.8, 4) is 0 Å². The molecular formula is C17H29Cl2N5O3S. The van der Waals surface area contributed by atoms with Gasteiger partial charge in [0, 0.05) is 37.5 Å². The van der Waals surface area contributed by atoms with Gasteiger partial charge in [-0.15, -0.1) is 36.2 Å². The fraction of sp³-hybridized carbons (Fsp3) is 0.647. The van der Waals surface area contributed by atoms with Gasteiger partial charge in [-0.05, 0) is 12.8 Å². The third-order valence-electron chi connectivity index (χ3n) is 4.23. The monoisotopic (exact) mass is 453 g/mol. The first kappa shape index (κ1) is 26.6. The molecule has 1 atom stereocenters. The highest BCUT2D eigenvalue weighted by Crippen LogP contribution is 2.20. The normalized spacial score (nSPS) is 16.0. The van der Waals surface area contributed by atoms with Gasteiger partial charge in [0.25, 0.3) is 0 Å². The molecule has 11 heteroatoms. The Kier molecular flexibility index (Phi) is 12.3. The maximum Gasteiger partial charge on any atom is 0.228 e. The van der Waals surface area contributed by atoms with Crippen molar-refractivity contribution >= 4 is 59.0 Å². The third kappa shape index (κ3) is 7.90. The number of thiazole rings is 1. The SMILES string of the molecule is CC(C)C(=O)Nc1nc(CC(=O)N2CCCC(C(=O)NCCN)C2)cs1.Cl.Cl. The molecule has 0 bridgehead atoms. The maximum absolute atomic E-state index is 12.5. The lowest BCUT2D eigenvalue weighted by Crippen LogP contribution is -2.46. The Hall–Kier alpha value is -1.42. The molecule has 2 rings (SSSR count). The summed E-state index contributed by atoms with van der Waals surface area (Å²) in [6.45, 7) is 5.55. The van der Waals surface area contributed by atoms with Crippen molar-refractivity contribution in [1.82, 2.24) is 15.2 Å². The molecule has 4 N–H and O–H groups in total. The van der Waals surface area contributed by atoms with Crippen molar-refractivity contribution in [3.05, 3.63) is 11.1 Å². The molecule has 8 nitrogen and oxygen atoms in total. The first-order valence-corrected chi connectivity index (χ1v) is 9.79. The number of nitrogens with two attached hydrogens (primary N) is 1. The predicted molar refractivity (Wildman–Crippen MR) is 115 cm³/mol. The summed E-state index contributed by atoms with van der Waals surface area (Å²) in [4.78, 5) is 42.4. The molecule has 1 unspecified atom stereocenters. The Balaban J connectivity index is 0.00000364. The number of carbonyl (C=O) groups excluding carboxylic acids is 3. The summed E-state index contributed by atoms with van der Waals surface area (Å²) in [5.41, 5.74) is 6.04. The number of hydrogen-bond acceptors (Lipinski definition) is 6. The number of nitrogens with one attached hydrogen (secondary N) is 2. The molecule has 28 heavy (non-hydrogen) atoms. The molecule has 0 aromatic carbocycles. The highest BCUT2D eigenvalue weighted by atomic mass is 35.5. The Labute approximate surface area is 181 Å². The van der Waals surface area contributed by atoms with Crippen LogP contribution in [-0.2, 0) is 20.8 Å². The van der Waals surface area contributed by atoms with E-state index in [1.54, 1.807) is 10.3 Å². The Bertz CT molecular complexity index is 656. The van der Waals surface area contributed by atoms with Gasteiger partial charge in [0.05, 0.1) is 18.0 Å². The van der Waals surface area contributed by atoms with Gasteiger partial charge in [0.2, 0.25) is 17.7 Å². The largest absolute Gasteiger partial charge is 0.355 e. The molecule has 1 aliphatic rings. The highest BCUT2D eigenvalue weighted by molar-refractivity contribution is 7.13. The van der Waals surface area contributed by atoms with E-state index < -0.39 is 0 Å². The van der Waals surface area contributed by atoms with Gasteiger partial charge in [-0.3, -0.25) is 14.4 Å². The van der Waals surface area contributed by atoms with E-state index in [0.717, 1.165) is 12.8 Å². The molecular weight excluding hydrogens is 425 g/mol. The number of halogens is 2. The average Bonchev–Trinajstić information content (AvgIpc) is 3.06. The second-order valence-corrected chi connectivity index (χ2v) is 7.58. The van der Waals surface area contributed by atoms with Crippen molar-refractivity contribution in [2.24, 2.45) is 17.6 Å². The maximum atomic E-state index is 12.5. The molecule has 0 saturated carbocycles. The predicted octanol–water partition coefficient (Wildman–Crippen LogP) is 1.44. The molecule has 160 valence electrons. The van der Waals surface area contributed by atoms with Crippen LogP contribution >= 0.6 is 36.2 Å². The molecule has 2 heterocycles. The Morgan fingerprint density at radius 3 is 2.71 bits per heavy atom. The van der Waals surface area contributed by atoms with E-state index in [-0.39, 0.29) is 60.8 Å². The van der Waals surface area contributed by atoms with Crippen LogP contribution in [-0.4, -0.2) is 53.8 Å². The van der Waals surface area contributed by atoms with E-state index in [0.29, 0.717) is 37.0 Å². The molecule has 1 aliphatic heterocycles. The number of piperidine rings is 1. The molecule has 1 fully saturated rings. The lowest BCUT2D eigenvalue weighted by Gasteiger charge is -2.32. The molecule has 0 aliphatic carbocycles. The van der Waals surface area contributed by atoms with Gasteiger partial charge in [-0.1, -0.05) is 13.8 Å². The minimum absolute atomic E-state index is 0. The van der Waals surface area contributed by atoms with Gasteiger partial charge < -0.3 is 21.3 Å². The first-order chi connectivity index (χ1) is 12.4. The fourth-order valence-corrected chi connectivity index (χ4v) is 3.43. The third-order valence-corrected chi connectivity index (χ3v) is 5.03. The van der Waals surface area contributed by atoms with Crippen LogP contribution in [0.5, 0.6) is 0 Å². The van der Waals surface area contributed by atoms with Gasteiger partial charge in [-0.2, -0.15) is 0 Å². The van der Waals surface area contributed by atoms with Gasteiger partial charge >= 0.3 is 0 Å². The number of hydrogen-bond donors (Lipinski definition) is 3. The number of nitrogens with zero attached hydrogens (tertiary/aromatic N) is 2. The van der Waals surface area contributed by atoms with Crippen molar-refractivity contribution < 1.29 is 14.4 Å². The summed E-state index contributed by atoms with van der Waals surface area (Å²) in [7, 11) is 0. The molecule has 1 saturated heterocycles. The van der Waals surface area contributed by atoms with Crippen LogP contribution in [0.1, 0.15) is 32.4 Å². The molecule has 1 aromatic rings. The van der Waals surface area contributed by atoms with Crippen LogP contribution in [0.15, 0.2) is 5.38 Å². The fourth-order valence-electron chi connectivity index (χ4n) is 2.72. The zero-order chi connectivity index (χ0) is 19.1. The van der Waals surface area contributed by atoms with E-state index >= 15 is 0 Å². The summed E-state index contributed by atoms with van der Waals surface area (Å²) < 4.78 is 0. The first-order valence-electron chi connectivity index (χ1n) is 8.91. The molecule has 0 spiro atoms. The van der Waals surface area contributed by atoms with Crippen molar-refractivity contribution in [2.45, 2.75) is 33.1 Å². The quantitative estimate of drug-likeness (QED) is 0.576. The van der Waals surface area contributed by atoms with Crippen LogP contribution in [0, 0.1) is 11.8 Å². The topological polar surface area (TPSA) is 117 Å². The van der Waals surface area contributed by atoms with Crippen LogP contribution in [0.25, 0.3) is 0 Å². The molecule has 1 aromatic heterocycles. The van der Waals surface area contributed by atoms with E-state index in [1.807, 2.05) is 13.8 Å². The van der Waals surface area contributed by atoms with Crippen molar-refractivity contribution in [2.75, 3.05) is 31.5 Å². The lowest BCUT2D eigenvalue weighted by atomic mass is 9.97. The summed E-state index contributed by atoms with van der Waals surface area (Å²) >= 11 is 1.31. The van der Waals surface area contributed by atoms with E-state index in [2.05, 4.69) is 15.6 Å². The van der Waals surface area contributed by atoms with Crippen molar-refractivity contribution in [1.29, 1.82) is 0 Å². The van der Waals surface area contributed by atoms with E-state index in [4.69, 9.17) is 5.73 Å². The lowest BCUT2D eigenvalue weighted by molar-refractivity contribution is -0.135. The van der Waals surface area contributed by atoms with Crippen LogP contribution in [0.3, 0.4) is 0 Å². The number of carbonyl (C=O) groups is 3.